The Morgan fingerprint density at radius 2 is 1.83 bits per heavy atom. The molecule has 0 aliphatic rings. The second-order valence-corrected chi connectivity index (χ2v) is 4.47. The number of hydrogen-bond donors (Lipinski definition) is 1. The highest BCUT2D eigenvalue weighted by atomic mass is 16.2. The van der Waals surface area contributed by atoms with Gasteiger partial charge in [-0.2, -0.15) is 0 Å². The number of carbonyl (C=O) groups is 1. The van der Waals surface area contributed by atoms with E-state index in [4.69, 9.17) is 5.73 Å². The summed E-state index contributed by atoms with van der Waals surface area (Å²) in [6.45, 7) is 4.04. The van der Waals surface area contributed by atoms with Gasteiger partial charge in [-0.15, -0.1) is 0 Å². The zero-order chi connectivity index (χ0) is 13.5. The summed E-state index contributed by atoms with van der Waals surface area (Å²) in [5, 5.41) is 0. The largest absolute Gasteiger partial charge is 0.378 e. The Morgan fingerprint density at radius 3 is 2.28 bits per heavy atom. The highest BCUT2D eigenvalue weighted by Gasteiger charge is 2.13. The molecular formula is C14H23N3O. The second kappa shape index (κ2) is 7.01. The standard InChI is InChI=1S/C14H23N3O/c1-4-17(11-5-10-15)14(18)12-6-8-13(9-7-12)16(2)3/h6-9H,4-5,10-11,15H2,1-3H3. The molecule has 0 radical (unpaired) electrons. The van der Waals surface area contributed by atoms with E-state index in [1.54, 1.807) is 0 Å². The molecule has 1 amide bonds. The fourth-order valence-electron chi connectivity index (χ4n) is 1.77. The maximum atomic E-state index is 12.2. The van der Waals surface area contributed by atoms with E-state index in [9.17, 15) is 4.79 Å². The minimum atomic E-state index is 0.0799. The van der Waals surface area contributed by atoms with Gasteiger partial charge in [-0.05, 0) is 44.2 Å². The van der Waals surface area contributed by atoms with Crippen molar-refractivity contribution in [2.24, 2.45) is 5.73 Å². The summed E-state index contributed by atoms with van der Waals surface area (Å²) < 4.78 is 0. The Balaban J connectivity index is 2.75. The van der Waals surface area contributed by atoms with Crippen molar-refractivity contribution < 1.29 is 4.79 Å². The number of nitrogens with zero attached hydrogens (tertiary/aromatic N) is 2. The van der Waals surface area contributed by atoms with Crippen molar-refractivity contribution in [1.82, 2.24) is 4.90 Å². The van der Waals surface area contributed by atoms with E-state index in [2.05, 4.69) is 0 Å². The first-order chi connectivity index (χ1) is 8.60. The number of anilines is 1. The molecule has 18 heavy (non-hydrogen) atoms. The van der Waals surface area contributed by atoms with Gasteiger partial charge in [0.15, 0.2) is 0 Å². The van der Waals surface area contributed by atoms with Crippen molar-refractivity contribution in [2.75, 3.05) is 38.6 Å². The number of nitrogens with two attached hydrogens (primary N) is 1. The van der Waals surface area contributed by atoms with Gasteiger partial charge in [0.1, 0.15) is 0 Å². The smallest absolute Gasteiger partial charge is 0.253 e. The molecule has 2 N–H and O–H groups in total. The van der Waals surface area contributed by atoms with Crippen LogP contribution in [0, 0.1) is 0 Å². The van der Waals surface area contributed by atoms with E-state index in [1.165, 1.54) is 0 Å². The number of hydrogen-bond acceptors (Lipinski definition) is 3. The predicted molar refractivity (Wildman–Crippen MR) is 76.0 cm³/mol. The summed E-state index contributed by atoms with van der Waals surface area (Å²) >= 11 is 0. The highest BCUT2D eigenvalue weighted by molar-refractivity contribution is 5.94. The molecule has 1 aromatic carbocycles. The molecule has 100 valence electrons. The molecule has 4 heteroatoms. The Labute approximate surface area is 109 Å². The van der Waals surface area contributed by atoms with E-state index >= 15 is 0 Å². The van der Waals surface area contributed by atoms with Gasteiger partial charge in [0.25, 0.3) is 5.91 Å². The third-order valence-electron chi connectivity index (χ3n) is 2.93. The lowest BCUT2D eigenvalue weighted by Crippen LogP contribution is -2.32. The lowest BCUT2D eigenvalue weighted by molar-refractivity contribution is 0.0763. The first-order valence-electron chi connectivity index (χ1n) is 6.36. The Kier molecular flexibility index (Phi) is 5.65. The summed E-state index contributed by atoms with van der Waals surface area (Å²) in [4.78, 5) is 16.1. The van der Waals surface area contributed by atoms with Gasteiger partial charge in [-0.1, -0.05) is 0 Å². The molecule has 0 heterocycles. The fraction of sp³-hybridized carbons (Fsp3) is 0.500. The van der Waals surface area contributed by atoms with E-state index in [0.717, 1.165) is 24.2 Å². The molecular weight excluding hydrogens is 226 g/mol. The summed E-state index contributed by atoms with van der Waals surface area (Å²) in [6, 6.07) is 7.68. The third kappa shape index (κ3) is 3.74. The van der Waals surface area contributed by atoms with Crippen molar-refractivity contribution in [2.45, 2.75) is 13.3 Å². The predicted octanol–water partition coefficient (Wildman–Crippen LogP) is 1.56. The number of carbonyl (C=O) groups excluding carboxylic acids is 1. The minimum absolute atomic E-state index is 0.0799. The Hall–Kier alpha value is -1.55. The van der Waals surface area contributed by atoms with Crippen LogP contribution in [0.3, 0.4) is 0 Å². The fourth-order valence-corrected chi connectivity index (χ4v) is 1.77. The van der Waals surface area contributed by atoms with E-state index in [1.807, 2.05) is 55.1 Å². The van der Waals surface area contributed by atoms with Crippen LogP contribution in [0.4, 0.5) is 5.69 Å². The molecule has 0 unspecified atom stereocenters. The third-order valence-corrected chi connectivity index (χ3v) is 2.93. The van der Waals surface area contributed by atoms with Crippen molar-refractivity contribution in [3.8, 4) is 0 Å². The number of rotatable bonds is 6. The zero-order valence-corrected chi connectivity index (χ0v) is 11.5. The van der Waals surface area contributed by atoms with Crippen LogP contribution in [-0.4, -0.2) is 44.5 Å². The van der Waals surface area contributed by atoms with Gasteiger partial charge in [0.05, 0.1) is 0 Å². The molecule has 1 aromatic rings. The highest BCUT2D eigenvalue weighted by Crippen LogP contribution is 2.13. The molecule has 0 aromatic heterocycles. The van der Waals surface area contributed by atoms with Gasteiger partial charge >= 0.3 is 0 Å². The summed E-state index contributed by atoms with van der Waals surface area (Å²) in [5.41, 5.74) is 7.31. The SMILES string of the molecule is CCN(CCCN)C(=O)c1ccc(N(C)C)cc1. The molecule has 0 aliphatic heterocycles. The van der Waals surface area contributed by atoms with E-state index in [0.29, 0.717) is 13.1 Å². The Morgan fingerprint density at radius 1 is 1.22 bits per heavy atom. The molecule has 0 bridgehead atoms. The lowest BCUT2D eigenvalue weighted by Gasteiger charge is -2.21. The zero-order valence-electron chi connectivity index (χ0n) is 11.5. The van der Waals surface area contributed by atoms with Crippen LogP contribution in [-0.2, 0) is 0 Å². The first kappa shape index (κ1) is 14.5. The second-order valence-electron chi connectivity index (χ2n) is 4.47. The quantitative estimate of drug-likeness (QED) is 0.832. The van der Waals surface area contributed by atoms with Crippen LogP contribution in [0.25, 0.3) is 0 Å². The number of amides is 1. The molecule has 0 fully saturated rings. The van der Waals surface area contributed by atoms with Gasteiger partial charge in [0, 0.05) is 38.4 Å². The van der Waals surface area contributed by atoms with E-state index < -0.39 is 0 Å². The van der Waals surface area contributed by atoms with Crippen molar-refractivity contribution in [3.05, 3.63) is 29.8 Å². The van der Waals surface area contributed by atoms with Crippen LogP contribution < -0.4 is 10.6 Å². The topological polar surface area (TPSA) is 49.6 Å². The molecule has 0 atom stereocenters. The van der Waals surface area contributed by atoms with E-state index in [-0.39, 0.29) is 5.91 Å². The first-order valence-corrected chi connectivity index (χ1v) is 6.36. The molecule has 0 saturated heterocycles. The van der Waals surface area contributed by atoms with Crippen LogP contribution in [0.2, 0.25) is 0 Å². The monoisotopic (exact) mass is 249 g/mol. The minimum Gasteiger partial charge on any atom is -0.378 e. The summed E-state index contributed by atoms with van der Waals surface area (Å²) in [7, 11) is 3.97. The van der Waals surface area contributed by atoms with Crippen LogP contribution >= 0.6 is 0 Å². The van der Waals surface area contributed by atoms with Crippen LogP contribution in [0.15, 0.2) is 24.3 Å². The molecule has 0 aliphatic carbocycles. The molecule has 0 spiro atoms. The molecule has 4 nitrogen and oxygen atoms in total. The maximum absolute atomic E-state index is 12.2. The van der Waals surface area contributed by atoms with Gasteiger partial charge in [0.2, 0.25) is 0 Å². The lowest BCUT2D eigenvalue weighted by atomic mass is 10.1. The van der Waals surface area contributed by atoms with Crippen LogP contribution in [0.1, 0.15) is 23.7 Å². The van der Waals surface area contributed by atoms with Crippen molar-refractivity contribution in [3.63, 3.8) is 0 Å². The summed E-state index contributed by atoms with van der Waals surface area (Å²) in [6.07, 6.45) is 0.843. The number of benzene rings is 1. The Bertz CT molecular complexity index is 373. The average Bonchev–Trinajstić information content (AvgIpc) is 2.39. The van der Waals surface area contributed by atoms with Crippen LogP contribution in [0.5, 0.6) is 0 Å². The molecule has 1 rings (SSSR count). The van der Waals surface area contributed by atoms with Gasteiger partial charge in [-0.3, -0.25) is 4.79 Å². The molecule has 0 saturated carbocycles. The van der Waals surface area contributed by atoms with Crippen molar-refractivity contribution >= 4 is 11.6 Å². The van der Waals surface area contributed by atoms with Crippen molar-refractivity contribution in [1.29, 1.82) is 0 Å². The average molecular weight is 249 g/mol. The maximum Gasteiger partial charge on any atom is 0.253 e. The summed E-state index contributed by atoms with van der Waals surface area (Å²) in [5.74, 6) is 0.0799. The van der Waals surface area contributed by atoms with Gasteiger partial charge < -0.3 is 15.5 Å². The normalized spacial score (nSPS) is 10.2. The van der Waals surface area contributed by atoms with Gasteiger partial charge in [-0.25, -0.2) is 0 Å².